The lowest BCUT2D eigenvalue weighted by atomic mass is 10.2. The second-order valence-corrected chi connectivity index (χ2v) is 6.71. The molecule has 2 aromatic rings. The van der Waals surface area contributed by atoms with Crippen molar-refractivity contribution in [2.75, 3.05) is 49.4 Å². The SMILES string of the molecule is COCCCNC(=O)c1cccc(NCC(=O)Nc2ccc(N(C)C(C)=O)cc2)c1. The molecule has 0 aromatic heterocycles. The first kappa shape index (κ1) is 22.9. The molecule has 30 heavy (non-hydrogen) atoms. The van der Waals surface area contributed by atoms with E-state index in [4.69, 9.17) is 4.74 Å². The van der Waals surface area contributed by atoms with Crippen LogP contribution in [0.4, 0.5) is 17.1 Å². The van der Waals surface area contributed by atoms with E-state index in [1.807, 2.05) is 0 Å². The van der Waals surface area contributed by atoms with Crippen LogP contribution >= 0.6 is 0 Å². The normalized spacial score (nSPS) is 10.2. The minimum absolute atomic E-state index is 0.0496. The maximum atomic E-state index is 12.2. The van der Waals surface area contributed by atoms with Crippen molar-refractivity contribution in [3.63, 3.8) is 0 Å². The van der Waals surface area contributed by atoms with Crippen LogP contribution in [-0.2, 0) is 14.3 Å². The molecule has 3 N–H and O–H groups in total. The lowest BCUT2D eigenvalue weighted by Crippen LogP contribution is -2.25. The number of anilines is 3. The van der Waals surface area contributed by atoms with Crippen molar-refractivity contribution in [2.24, 2.45) is 0 Å². The minimum atomic E-state index is -0.225. The molecule has 2 aromatic carbocycles. The lowest BCUT2D eigenvalue weighted by Gasteiger charge is -2.15. The van der Waals surface area contributed by atoms with Gasteiger partial charge in [0.25, 0.3) is 5.91 Å². The van der Waals surface area contributed by atoms with Gasteiger partial charge in [-0.1, -0.05) is 6.07 Å². The van der Waals surface area contributed by atoms with E-state index in [-0.39, 0.29) is 24.3 Å². The van der Waals surface area contributed by atoms with Crippen LogP contribution < -0.4 is 20.9 Å². The molecular weight excluding hydrogens is 384 g/mol. The van der Waals surface area contributed by atoms with Gasteiger partial charge in [0.2, 0.25) is 11.8 Å². The Kier molecular flexibility index (Phi) is 8.83. The Balaban J connectivity index is 1.84. The predicted molar refractivity (Wildman–Crippen MR) is 118 cm³/mol. The third-order valence-electron chi connectivity index (χ3n) is 4.40. The van der Waals surface area contributed by atoms with Crippen molar-refractivity contribution in [1.29, 1.82) is 0 Å². The first-order valence-electron chi connectivity index (χ1n) is 9.66. The van der Waals surface area contributed by atoms with Gasteiger partial charge in [0, 0.05) is 56.9 Å². The van der Waals surface area contributed by atoms with E-state index < -0.39 is 0 Å². The van der Waals surface area contributed by atoms with Gasteiger partial charge in [-0.15, -0.1) is 0 Å². The van der Waals surface area contributed by atoms with Crippen molar-refractivity contribution < 1.29 is 19.1 Å². The molecule has 0 saturated heterocycles. The van der Waals surface area contributed by atoms with Crippen LogP contribution in [0.25, 0.3) is 0 Å². The quantitative estimate of drug-likeness (QED) is 0.521. The van der Waals surface area contributed by atoms with Crippen LogP contribution in [-0.4, -0.2) is 51.6 Å². The van der Waals surface area contributed by atoms with Crippen LogP contribution in [0.5, 0.6) is 0 Å². The van der Waals surface area contributed by atoms with E-state index in [2.05, 4.69) is 16.0 Å². The third-order valence-corrected chi connectivity index (χ3v) is 4.40. The number of amides is 3. The van der Waals surface area contributed by atoms with Crippen molar-refractivity contribution in [3.8, 4) is 0 Å². The largest absolute Gasteiger partial charge is 0.385 e. The van der Waals surface area contributed by atoms with Crippen molar-refractivity contribution >= 4 is 34.8 Å². The molecule has 2 rings (SSSR count). The maximum absolute atomic E-state index is 12.2. The zero-order valence-corrected chi connectivity index (χ0v) is 17.5. The summed E-state index contributed by atoms with van der Waals surface area (Å²) in [5.74, 6) is -0.464. The monoisotopic (exact) mass is 412 g/mol. The van der Waals surface area contributed by atoms with Crippen LogP contribution in [0.15, 0.2) is 48.5 Å². The Morgan fingerprint density at radius 3 is 2.43 bits per heavy atom. The Morgan fingerprint density at radius 2 is 1.77 bits per heavy atom. The smallest absolute Gasteiger partial charge is 0.251 e. The Bertz CT molecular complexity index is 868. The fourth-order valence-corrected chi connectivity index (χ4v) is 2.63. The molecule has 160 valence electrons. The lowest BCUT2D eigenvalue weighted by molar-refractivity contribution is -0.116. The summed E-state index contributed by atoms with van der Waals surface area (Å²) >= 11 is 0. The van der Waals surface area contributed by atoms with Gasteiger partial charge in [-0.05, 0) is 48.9 Å². The van der Waals surface area contributed by atoms with Gasteiger partial charge in [0.15, 0.2) is 0 Å². The highest BCUT2D eigenvalue weighted by atomic mass is 16.5. The molecule has 0 aliphatic carbocycles. The first-order valence-corrected chi connectivity index (χ1v) is 9.66. The van der Waals surface area contributed by atoms with Gasteiger partial charge in [-0.25, -0.2) is 0 Å². The summed E-state index contributed by atoms with van der Waals surface area (Å²) in [5, 5.41) is 8.63. The molecule has 0 heterocycles. The van der Waals surface area contributed by atoms with E-state index in [0.29, 0.717) is 30.1 Å². The summed E-state index contributed by atoms with van der Waals surface area (Å²) < 4.78 is 4.96. The zero-order chi connectivity index (χ0) is 21.9. The highest BCUT2D eigenvalue weighted by Gasteiger charge is 2.08. The number of nitrogens with one attached hydrogen (secondary N) is 3. The summed E-state index contributed by atoms with van der Waals surface area (Å²) in [6, 6.07) is 14.0. The number of carbonyl (C=O) groups excluding carboxylic acids is 3. The second kappa shape index (κ2) is 11.6. The minimum Gasteiger partial charge on any atom is -0.385 e. The summed E-state index contributed by atoms with van der Waals surface area (Å²) in [7, 11) is 3.31. The van der Waals surface area contributed by atoms with Gasteiger partial charge in [0.05, 0.1) is 6.54 Å². The predicted octanol–water partition coefficient (Wildman–Crippen LogP) is 2.49. The van der Waals surface area contributed by atoms with E-state index in [0.717, 1.165) is 12.1 Å². The Hall–Kier alpha value is -3.39. The van der Waals surface area contributed by atoms with Gasteiger partial charge in [0.1, 0.15) is 0 Å². The molecule has 0 saturated carbocycles. The van der Waals surface area contributed by atoms with Crippen molar-refractivity contribution in [3.05, 3.63) is 54.1 Å². The highest BCUT2D eigenvalue weighted by Crippen LogP contribution is 2.17. The average Bonchev–Trinajstić information content (AvgIpc) is 2.75. The molecule has 3 amide bonds. The standard InChI is InChI=1S/C22H28N4O4/c1-16(27)26(2)20-10-8-18(9-11-20)25-21(28)15-24-19-7-4-6-17(14-19)22(29)23-12-5-13-30-3/h4,6-11,14,24H,5,12-13,15H2,1-3H3,(H,23,29)(H,25,28). The van der Waals surface area contributed by atoms with E-state index in [1.165, 1.54) is 11.8 Å². The van der Waals surface area contributed by atoms with E-state index >= 15 is 0 Å². The number of methoxy groups -OCH3 is 1. The number of nitrogens with zero attached hydrogens (tertiary/aromatic N) is 1. The molecule has 0 aliphatic heterocycles. The van der Waals surface area contributed by atoms with E-state index in [9.17, 15) is 14.4 Å². The third kappa shape index (κ3) is 7.21. The molecule has 0 aliphatic rings. The molecular formula is C22H28N4O4. The second-order valence-electron chi connectivity index (χ2n) is 6.71. The molecule has 0 spiro atoms. The zero-order valence-electron chi connectivity index (χ0n) is 17.5. The molecule has 0 unspecified atom stereocenters. The summed E-state index contributed by atoms with van der Waals surface area (Å²) in [4.78, 5) is 37.3. The van der Waals surface area contributed by atoms with Crippen LogP contribution in [0.3, 0.4) is 0 Å². The van der Waals surface area contributed by atoms with Crippen LogP contribution in [0, 0.1) is 0 Å². The van der Waals surface area contributed by atoms with Gasteiger partial charge in [-0.2, -0.15) is 0 Å². The van der Waals surface area contributed by atoms with E-state index in [1.54, 1.807) is 62.7 Å². The molecule has 8 heteroatoms. The molecule has 0 bridgehead atoms. The highest BCUT2D eigenvalue weighted by molar-refractivity contribution is 5.96. The van der Waals surface area contributed by atoms with Gasteiger partial charge in [-0.3, -0.25) is 14.4 Å². The van der Waals surface area contributed by atoms with Crippen LogP contribution in [0.2, 0.25) is 0 Å². The fraction of sp³-hybridized carbons (Fsp3) is 0.318. The Labute approximate surface area is 176 Å². The number of hydrogen-bond acceptors (Lipinski definition) is 5. The molecule has 0 atom stereocenters. The first-order chi connectivity index (χ1) is 14.4. The Morgan fingerprint density at radius 1 is 1.03 bits per heavy atom. The van der Waals surface area contributed by atoms with Crippen LogP contribution in [0.1, 0.15) is 23.7 Å². The number of benzene rings is 2. The summed E-state index contributed by atoms with van der Waals surface area (Å²) in [6.07, 6.45) is 0.742. The molecule has 0 fully saturated rings. The van der Waals surface area contributed by atoms with Crippen molar-refractivity contribution in [1.82, 2.24) is 5.32 Å². The maximum Gasteiger partial charge on any atom is 0.251 e. The topological polar surface area (TPSA) is 99.8 Å². The fourth-order valence-electron chi connectivity index (χ4n) is 2.63. The number of rotatable bonds is 10. The van der Waals surface area contributed by atoms with Gasteiger partial charge >= 0.3 is 0 Å². The molecule has 8 nitrogen and oxygen atoms in total. The summed E-state index contributed by atoms with van der Waals surface area (Å²) in [6.45, 7) is 2.66. The number of carbonyl (C=O) groups is 3. The number of ether oxygens (including phenoxy) is 1. The van der Waals surface area contributed by atoms with Gasteiger partial charge < -0.3 is 25.6 Å². The summed E-state index contributed by atoms with van der Waals surface area (Å²) in [5.41, 5.74) is 2.57. The molecule has 0 radical (unpaired) electrons. The van der Waals surface area contributed by atoms with Crippen molar-refractivity contribution in [2.45, 2.75) is 13.3 Å². The number of hydrogen-bond donors (Lipinski definition) is 3. The average molecular weight is 412 g/mol.